The van der Waals surface area contributed by atoms with Crippen LogP contribution in [0.2, 0.25) is 0 Å². The number of benzene rings is 1. The highest BCUT2D eigenvalue weighted by atomic mass is 79.9. The van der Waals surface area contributed by atoms with Crippen LogP contribution in [0.5, 0.6) is 0 Å². The number of aromatic nitrogens is 3. The van der Waals surface area contributed by atoms with Gasteiger partial charge in [0.1, 0.15) is 4.60 Å². The van der Waals surface area contributed by atoms with Crippen LogP contribution in [0, 0.1) is 13.8 Å². The number of nitrogens with zero attached hydrogens (tertiary/aromatic N) is 3. The first kappa shape index (κ1) is 13.3. The molecule has 0 saturated carbocycles. The average Bonchev–Trinajstić information content (AvgIpc) is 2.78. The van der Waals surface area contributed by atoms with Gasteiger partial charge in [-0.2, -0.15) is 5.10 Å². The predicted octanol–water partition coefficient (Wildman–Crippen LogP) is 3.23. The highest BCUT2D eigenvalue weighted by molar-refractivity contribution is 9.10. The summed E-state index contributed by atoms with van der Waals surface area (Å²) in [5.41, 5.74) is 11.8. The molecule has 20 heavy (non-hydrogen) atoms. The molecule has 5 heteroatoms. The van der Waals surface area contributed by atoms with Crippen molar-refractivity contribution in [1.82, 2.24) is 14.6 Å². The Bertz CT molecular complexity index is 792. The summed E-state index contributed by atoms with van der Waals surface area (Å²) in [6.07, 6.45) is 0. The fraction of sp³-hybridized carbons (Fsp3) is 0.200. The molecule has 0 aliphatic carbocycles. The van der Waals surface area contributed by atoms with E-state index in [0.29, 0.717) is 6.54 Å². The smallest absolute Gasteiger partial charge is 0.155 e. The molecule has 2 heterocycles. The van der Waals surface area contributed by atoms with Crippen molar-refractivity contribution in [3.05, 3.63) is 51.8 Å². The van der Waals surface area contributed by atoms with Crippen molar-refractivity contribution < 1.29 is 0 Å². The normalized spacial score (nSPS) is 11.2. The summed E-state index contributed by atoms with van der Waals surface area (Å²) < 4.78 is 2.60. The van der Waals surface area contributed by atoms with E-state index in [4.69, 9.17) is 5.73 Å². The van der Waals surface area contributed by atoms with E-state index in [1.165, 1.54) is 11.1 Å². The summed E-state index contributed by atoms with van der Waals surface area (Å²) >= 11 is 3.50. The van der Waals surface area contributed by atoms with Gasteiger partial charge >= 0.3 is 0 Å². The Morgan fingerprint density at radius 1 is 1.15 bits per heavy atom. The summed E-state index contributed by atoms with van der Waals surface area (Å²) in [7, 11) is 0. The summed E-state index contributed by atoms with van der Waals surface area (Å²) in [4.78, 5) is 4.43. The van der Waals surface area contributed by atoms with Gasteiger partial charge in [0, 0.05) is 12.1 Å². The van der Waals surface area contributed by atoms with Gasteiger partial charge in [0.25, 0.3) is 0 Å². The third-order valence-electron chi connectivity index (χ3n) is 3.48. The van der Waals surface area contributed by atoms with Gasteiger partial charge in [-0.3, -0.25) is 0 Å². The molecule has 2 N–H and O–H groups in total. The van der Waals surface area contributed by atoms with Gasteiger partial charge in [0.2, 0.25) is 0 Å². The molecular formula is C15H15BrN4. The first-order valence-electron chi connectivity index (χ1n) is 6.42. The van der Waals surface area contributed by atoms with Crippen LogP contribution in [0.25, 0.3) is 16.9 Å². The number of nitrogens with two attached hydrogens (primary N) is 1. The van der Waals surface area contributed by atoms with E-state index in [2.05, 4.69) is 58.1 Å². The molecule has 0 radical (unpaired) electrons. The van der Waals surface area contributed by atoms with E-state index in [0.717, 1.165) is 27.2 Å². The van der Waals surface area contributed by atoms with Crippen LogP contribution in [-0.2, 0) is 6.54 Å². The number of halogens is 1. The Balaban J connectivity index is 2.16. The summed E-state index contributed by atoms with van der Waals surface area (Å²) in [5.74, 6) is 0. The average molecular weight is 331 g/mol. The number of hydrogen-bond acceptors (Lipinski definition) is 3. The van der Waals surface area contributed by atoms with Gasteiger partial charge in [0.15, 0.2) is 5.65 Å². The second kappa shape index (κ2) is 5.00. The lowest BCUT2D eigenvalue weighted by molar-refractivity contribution is 0.909. The van der Waals surface area contributed by atoms with Crippen LogP contribution >= 0.6 is 15.9 Å². The Labute approximate surface area is 125 Å². The minimum Gasteiger partial charge on any atom is -0.325 e. The van der Waals surface area contributed by atoms with Crippen molar-refractivity contribution >= 4 is 21.6 Å². The molecule has 0 aliphatic rings. The number of fused-ring (bicyclic) bond motifs is 1. The van der Waals surface area contributed by atoms with Crippen LogP contribution in [-0.4, -0.2) is 14.6 Å². The minimum absolute atomic E-state index is 0.392. The van der Waals surface area contributed by atoms with Crippen molar-refractivity contribution in [2.75, 3.05) is 0 Å². The van der Waals surface area contributed by atoms with Gasteiger partial charge < -0.3 is 5.73 Å². The molecule has 102 valence electrons. The lowest BCUT2D eigenvalue weighted by Gasteiger charge is -2.05. The molecule has 3 aromatic rings. The Kier molecular flexibility index (Phi) is 3.31. The molecule has 1 aromatic carbocycles. The van der Waals surface area contributed by atoms with Crippen molar-refractivity contribution in [1.29, 1.82) is 0 Å². The Hall–Kier alpha value is -1.72. The lowest BCUT2D eigenvalue weighted by Crippen LogP contribution is -1.98. The van der Waals surface area contributed by atoms with Crippen LogP contribution in [0.1, 0.15) is 16.8 Å². The van der Waals surface area contributed by atoms with Crippen LogP contribution < -0.4 is 5.73 Å². The molecule has 0 fully saturated rings. The zero-order valence-corrected chi connectivity index (χ0v) is 13.0. The maximum atomic E-state index is 5.67. The standard InChI is InChI=1S/C15H15BrN4/c1-9-3-4-11(7-10(9)2)12-5-6-14-18-13(8-17)15(16)20(14)19-12/h3-7H,8,17H2,1-2H3. The number of rotatable bonds is 2. The van der Waals surface area contributed by atoms with E-state index in [1.807, 2.05) is 12.1 Å². The quantitative estimate of drug-likeness (QED) is 0.784. The molecule has 0 bridgehead atoms. The summed E-state index contributed by atoms with van der Waals surface area (Å²) in [6, 6.07) is 10.3. The number of imidazole rings is 1. The van der Waals surface area contributed by atoms with Crippen LogP contribution in [0.15, 0.2) is 34.9 Å². The van der Waals surface area contributed by atoms with E-state index in [-0.39, 0.29) is 0 Å². The molecule has 0 saturated heterocycles. The van der Waals surface area contributed by atoms with E-state index >= 15 is 0 Å². The molecule has 3 rings (SSSR count). The van der Waals surface area contributed by atoms with Gasteiger partial charge in [-0.25, -0.2) is 9.50 Å². The monoisotopic (exact) mass is 330 g/mol. The second-order valence-electron chi connectivity index (χ2n) is 4.84. The molecule has 4 nitrogen and oxygen atoms in total. The fourth-order valence-corrected chi connectivity index (χ4v) is 2.65. The minimum atomic E-state index is 0.392. The van der Waals surface area contributed by atoms with Crippen molar-refractivity contribution in [3.8, 4) is 11.3 Å². The molecular weight excluding hydrogens is 316 g/mol. The third kappa shape index (κ3) is 2.13. The molecule has 0 amide bonds. The SMILES string of the molecule is Cc1ccc(-c2ccc3nc(CN)c(Br)n3n2)cc1C. The van der Waals surface area contributed by atoms with E-state index < -0.39 is 0 Å². The maximum Gasteiger partial charge on any atom is 0.155 e. The third-order valence-corrected chi connectivity index (χ3v) is 4.28. The zero-order chi connectivity index (χ0) is 14.3. The first-order chi connectivity index (χ1) is 9.60. The topological polar surface area (TPSA) is 56.2 Å². The molecule has 2 aromatic heterocycles. The summed E-state index contributed by atoms with van der Waals surface area (Å²) in [5, 5.41) is 4.64. The van der Waals surface area contributed by atoms with Crippen molar-refractivity contribution in [2.45, 2.75) is 20.4 Å². The summed E-state index contributed by atoms with van der Waals surface area (Å²) in [6.45, 7) is 4.61. The predicted molar refractivity (Wildman–Crippen MR) is 83.5 cm³/mol. The molecule has 0 unspecified atom stereocenters. The van der Waals surface area contributed by atoms with E-state index in [9.17, 15) is 0 Å². The van der Waals surface area contributed by atoms with Crippen molar-refractivity contribution in [3.63, 3.8) is 0 Å². The van der Waals surface area contributed by atoms with Gasteiger partial charge in [-0.1, -0.05) is 12.1 Å². The van der Waals surface area contributed by atoms with Crippen LogP contribution in [0.3, 0.4) is 0 Å². The molecule has 0 atom stereocenters. The largest absolute Gasteiger partial charge is 0.325 e. The van der Waals surface area contributed by atoms with Gasteiger partial charge in [-0.05, 0) is 59.1 Å². The molecule has 0 spiro atoms. The highest BCUT2D eigenvalue weighted by Crippen LogP contribution is 2.23. The second-order valence-corrected chi connectivity index (χ2v) is 5.59. The first-order valence-corrected chi connectivity index (χ1v) is 7.21. The molecule has 0 aliphatic heterocycles. The fourth-order valence-electron chi connectivity index (χ4n) is 2.14. The van der Waals surface area contributed by atoms with E-state index in [1.54, 1.807) is 4.52 Å². The zero-order valence-electron chi connectivity index (χ0n) is 11.4. The Morgan fingerprint density at radius 3 is 2.65 bits per heavy atom. The Morgan fingerprint density at radius 2 is 1.95 bits per heavy atom. The maximum absolute atomic E-state index is 5.67. The van der Waals surface area contributed by atoms with Gasteiger partial charge in [0.05, 0.1) is 11.4 Å². The highest BCUT2D eigenvalue weighted by Gasteiger charge is 2.10. The van der Waals surface area contributed by atoms with Crippen molar-refractivity contribution in [2.24, 2.45) is 5.73 Å². The number of aryl methyl sites for hydroxylation is 2. The van der Waals surface area contributed by atoms with Crippen LogP contribution in [0.4, 0.5) is 0 Å². The number of hydrogen-bond donors (Lipinski definition) is 1. The van der Waals surface area contributed by atoms with Gasteiger partial charge in [-0.15, -0.1) is 0 Å². The lowest BCUT2D eigenvalue weighted by atomic mass is 10.0.